The number of carbonyl (C=O) groups is 1. The van der Waals surface area contributed by atoms with Gasteiger partial charge in [0.05, 0.1) is 6.61 Å². The van der Waals surface area contributed by atoms with E-state index in [2.05, 4.69) is 0 Å². The summed E-state index contributed by atoms with van der Waals surface area (Å²) >= 11 is 0. The Bertz CT molecular complexity index is 419. The number of amides is 1. The highest BCUT2D eigenvalue weighted by atomic mass is 16.5. The Morgan fingerprint density at radius 2 is 2.11 bits per heavy atom. The zero-order valence-electron chi connectivity index (χ0n) is 11.5. The Morgan fingerprint density at radius 1 is 1.37 bits per heavy atom. The molecule has 0 saturated heterocycles. The normalized spacial score (nSPS) is 11.9. The van der Waals surface area contributed by atoms with E-state index in [4.69, 9.17) is 20.9 Å². The van der Waals surface area contributed by atoms with Crippen LogP contribution in [0.4, 0.5) is 0 Å². The van der Waals surface area contributed by atoms with Gasteiger partial charge in [0.2, 0.25) is 0 Å². The van der Waals surface area contributed by atoms with Crippen molar-refractivity contribution in [3.8, 4) is 11.5 Å². The molecule has 1 amide bonds. The monoisotopic (exact) mass is 266 g/mol. The highest BCUT2D eigenvalue weighted by Gasteiger charge is 2.09. The maximum atomic E-state index is 10.8. The highest BCUT2D eigenvalue weighted by Crippen LogP contribution is 2.26. The Kier molecular flexibility index (Phi) is 6.15. The third-order valence-corrected chi connectivity index (χ3v) is 2.42. The molecule has 0 spiro atoms. The van der Waals surface area contributed by atoms with E-state index in [1.54, 1.807) is 6.07 Å². The predicted octanol–water partition coefficient (Wildman–Crippen LogP) is 1.23. The largest absolute Gasteiger partial charge is 0.493 e. The number of rotatable bonds is 8. The van der Waals surface area contributed by atoms with Gasteiger partial charge in [0.15, 0.2) is 6.61 Å². The van der Waals surface area contributed by atoms with Crippen molar-refractivity contribution < 1.29 is 14.3 Å². The molecule has 0 saturated carbocycles. The summed E-state index contributed by atoms with van der Waals surface area (Å²) in [5.74, 6) is 0.811. The fourth-order valence-corrected chi connectivity index (χ4v) is 1.64. The molecule has 1 unspecified atom stereocenters. The highest BCUT2D eigenvalue weighted by molar-refractivity contribution is 5.75. The van der Waals surface area contributed by atoms with Gasteiger partial charge in [-0.1, -0.05) is 13.0 Å². The van der Waals surface area contributed by atoms with E-state index in [0.29, 0.717) is 18.8 Å². The van der Waals surface area contributed by atoms with Crippen LogP contribution >= 0.6 is 0 Å². The SMILES string of the molecule is CCCOc1ccc(CC(C)N)c(OCC(N)=O)c1. The van der Waals surface area contributed by atoms with Crippen LogP contribution in [0.15, 0.2) is 18.2 Å². The van der Waals surface area contributed by atoms with Gasteiger partial charge in [-0.05, 0) is 31.4 Å². The van der Waals surface area contributed by atoms with Gasteiger partial charge in [-0.15, -0.1) is 0 Å². The number of hydrogen-bond acceptors (Lipinski definition) is 4. The summed E-state index contributed by atoms with van der Waals surface area (Å²) < 4.78 is 10.9. The van der Waals surface area contributed by atoms with Crippen LogP contribution in [-0.4, -0.2) is 25.2 Å². The van der Waals surface area contributed by atoms with Gasteiger partial charge in [0.1, 0.15) is 11.5 Å². The number of primary amides is 1. The molecule has 5 heteroatoms. The van der Waals surface area contributed by atoms with Gasteiger partial charge in [-0.25, -0.2) is 0 Å². The molecular formula is C14H22N2O3. The summed E-state index contributed by atoms with van der Waals surface area (Å²) in [6, 6.07) is 5.57. The number of carbonyl (C=O) groups excluding carboxylic acids is 1. The molecule has 0 heterocycles. The third-order valence-electron chi connectivity index (χ3n) is 2.42. The van der Waals surface area contributed by atoms with Crippen molar-refractivity contribution in [2.45, 2.75) is 32.7 Å². The fraction of sp³-hybridized carbons (Fsp3) is 0.500. The Morgan fingerprint density at radius 3 is 2.68 bits per heavy atom. The lowest BCUT2D eigenvalue weighted by molar-refractivity contribution is -0.119. The van der Waals surface area contributed by atoms with Gasteiger partial charge in [0.25, 0.3) is 5.91 Å². The Balaban J connectivity index is 2.86. The lowest BCUT2D eigenvalue weighted by Crippen LogP contribution is -2.22. The molecule has 1 aromatic carbocycles. The van der Waals surface area contributed by atoms with Crippen LogP contribution in [0.1, 0.15) is 25.8 Å². The summed E-state index contributed by atoms with van der Waals surface area (Å²) in [7, 11) is 0. The van der Waals surface area contributed by atoms with E-state index in [1.165, 1.54) is 0 Å². The topological polar surface area (TPSA) is 87.6 Å². The van der Waals surface area contributed by atoms with Gasteiger partial charge in [-0.2, -0.15) is 0 Å². The van der Waals surface area contributed by atoms with E-state index in [9.17, 15) is 4.79 Å². The zero-order chi connectivity index (χ0) is 14.3. The molecule has 0 aliphatic carbocycles. The van der Waals surface area contributed by atoms with Crippen LogP contribution in [0.5, 0.6) is 11.5 Å². The van der Waals surface area contributed by atoms with Crippen LogP contribution < -0.4 is 20.9 Å². The summed E-state index contributed by atoms with van der Waals surface area (Å²) in [5, 5.41) is 0. The number of hydrogen-bond donors (Lipinski definition) is 2. The minimum atomic E-state index is -0.508. The molecule has 19 heavy (non-hydrogen) atoms. The molecular weight excluding hydrogens is 244 g/mol. The molecule has 1 aromatic rings. The summed E-state index contributed by atoms with van der Waals surface area (Å²) in [6.07, 6.45) is 1.60. The van der Waals surface area contributed by atoms with Crippen molar-refractivity contribution in [3.05, 3.63) is 23.8 Å². The Labute approximate surface area is 113 Å². The van der Waals surface area contributed by atoms with Crippen molar-refractivity contribution in [1.29, 1.82) is 0 Å². The van der Waals surface area contributed by atoms with Crippen LogP contribution in [0.25, 0.3) is 0 Å². The van der Waals surface area contributed by atoms with Crippen molar-refractivity contribution >= 4 is 5.91 Å². The predicted molar refractivity (Wildman–Crippen MR) is 74.3 cm³/mol. The van der Waals surface area contributed by atoms with E-state index < -0.39 is 5.91 Å². The van der Waals surface area contributed by atoms with Crippen LogP contribution in [-0.2, 0) is 11.2 Å². The van der Waals surface area contributed by atoms with E-state index in [1.807, 2.05) is 26.0 Å². The summed E-state index contributed by atoms with van der Waals surface area (Å²) in [6.45, 7) is 4.44. The smallest absolute Gasteiger partial charge is 0.255 e. The maximum absolute atomic E-state index is 10.8. The lowest BCUT2D eigenvalue weighted by atomic mass is 10.1. The second kappa shape index (κ2) is 7.63. The van der Waals surface area contributed by atoms with Gasteiger partial charge >= 0.3 is 0 Å². The zero-order valence-corrected chi connectivity index (χ0v) is 11.5. The molecule has 0 aliphatic heterocycles. The van der Waals surface area contributed by atoms with Gasteiger partial charge < -0.3 is 20.9 Å². The lowest BCUT2D eigenvalue weighted by Gasteiger charge is -2.14. The van der Waals surface area contributed by atoms with Crippen molar-refractivity contribution in [1.82, 2.24) is 0 Å². The first-order chi connectivity index (χ1) is 9.02. The first kappa shape index (κ1) is 15.3. The number of nitrogens with two attached hydrogens (primary N) is 2. The second-order valence-electron chi connectivity index (χ2n) is 4.55. The molecule has 5 nitrogen and oxygen atoms in total. The van der Waals surface area contributed by atoms with E-state index >= 15 is 0 Å². The molecule has 0 fully saturated rings. The van der Waals surface area contributed by atoms with Crippen molar-refractivity contribution in [2.24, 2.45) is 11.5 Å². The number of benzene rings is 1. The standard InChI is InChI=1S/C14H22N2O3/c1-3-6-18-12-5-4-11(7-10(2)15)13(8-12)19-9-14(16)17/h4-5,8,10H,3,6-7,9,15H2,1-2H3,(H2,16,17). The van der Waals surface area contributed by atoms with Crippen molar-refractivity contribution in [2.75, 3.05) is 13.2 Å². The van der Waals surface area contributed by atoms with Crippen LogP contribution in [0.2, 0.25) is 0 Å². The van der Waals surface area contributed by atoms with Gasteiger partial charge in [-0.3, -0.25) is 4.79 Å². The van der Waals surface area contributed by atoms with E-state index in [-0.39, 0.29) is 12.6 Å². The van der Waals surface area contributed by atoms with Crippen LogP contribution in [0.3, 0.4) is 0 Å². The molecule has 0 radical (unpaired) electrons. The molecule has 4 N–H and O–H groups in total. The summed E-state index contributed by atoms with van der Waals surface area (Å²) in [4.78, 5) is 10.8. The van der Waals surface area contributed by atoms with E-state index in [0.717, 1.165) is 17.7 Å². The van der Waals surface area contributed by atoms with Gasteiger partial charge in [0, 0.05) is 12.1 Å². The molecule has 106 valence electrons. The first-order valence-corrected chi connectivity index (χ1v) is 6.45. The molecule has 0 aliphatic rings. The molecule has 1 rings (SSSR count). The first-order valence-electron chi connectivity index (χ1n) is 6.45. The Hall–Kier alpha value is -1.75. The molecule has 0 aromatic heterocycles. The van der Waals surface area contributed by atoms with Crippen LogP contribution in [0, 0.1) is 0 Å². The third kappa shape index (κ3) is 5.61. The van der Waals surface area contributed by atoms with Crippen molar-refractivity contribution in [3.63, 3.8) is 0 Å². The average Bonchev–Trinajstić information content (AvgIpc) is 2.35. The quantitative estimate of drug-likeness (QED) is 0.740. The molecule has 0 bridgehead atoms. The average molecular weight is 266 g/mol. The maximum Gasteiger partial charge on any atom is 0.255 e. The minimum Gasteiger partial charge on any atom is -0.493 e. The minimum absolute atomic E-state index is 0.0124. The summed E-state index contributed by atoms with van der Waals surface area (Å²) in [5.41, 5.74) is 11.8. The molecule has 1 atom stereocenters. The second-order valence-corrected chi connectivity index (χ2v) is 4.55. The fourth-order valence-electron chi connectivity index (χ4n) is 1.64. The number of ether oxygens (including phenoxy) is 2.